The highest BCUT2D eigenvalue weighted by Crippen LogP contribution is 2.59. The van der Waals surface area contributed by atoms with Crippen LogP contribution in [0.15, 0.2) is 66.7 Å². The minimum Gasteiger partial charge on any atom is -0.453 e. The van der Waals surface area contributed by atoms with Crippen LogP contribution >= 0.6 is 0 Å². The van der Waals surface area contributed by atoms with Gasteiger partial charge in [-0.25, -0.2) is 0 Å². The Bertz CT molecular complexity index is 942. The SMILES string of the molecule is CC1(C)c2ccccc2N2c3ccccc3Oc3cccc1c32. The monoisotopic (exact) mass is 299 g/mol. The van der Waals surface area contributed by atoms with E-state index in [0.29, 0.717) is 0 Å². The van der Waals surface area contributed by atoms with Gasteiger partial charge in [-0.1, -0.05) is 56.3 Å². The minimum absolute atomic E-state index is 0.0475. The molecule has 2 aliphatic rings. The first kappa shape index (κ1) is 12.8. The smallest absolute Gasteiger partial charge is 0.151 e. The first-order valence-electron chi connectivity index (χ1n) is 7.98. The number of fused-ring (bicyclic) bond motifs is 4. The third kappa shape index (κ3) is 1.53. The van der Waals surface area contributed by atoms with Crippen LogP contribution < -0.4 is 9.64 Å². The van der Waals surface area contributed by atoms with E-state index in [4.69, 9.17) is 4.74 Å². The van der Waals surface area contributed by atoms with Gasteiger partial charge in [-0.3, -0.25) is 0 Å². The molecule has 0 N–H and O–H groups in total. The highest BCUT2D eigenvalue weighted by Gasteiger charge is 2.40. The molecule has 0 unspecified atom stereocenters. The summed E-state index contributed by atoms with van der Waals surface area (Å²) in [5.41, 5.74) is 6.14. The van der Waals surface area contributed by atoms with Gasteiger partial charge in [-0.2, -0.15) is 0 Å². The fraction of sp³-hybridized carbons (Fsp3) is 0.143. The lowest BCUT2D eigenvalue weighted by Crippen LogP contribution is -2.32. The van der Waals surface area contributed by atoms with E-state index in [-0.39, 0.29) is 5.41 Å². The van der Waals surface area contributed by atoms with Crippen LogP contribution in [0.2, 0.25) is 0 Å². The van der Waals surface area contributed by atoms with Crippen molar-refractivity contribution in [3.63, 3.8) is 0 Å². The second-order valence-electron chi connectivity index (χ2n) is 6.70. The molecule has 0 bridgehead atoms. The fourth-order valence-corrected chi connectivity index (χ4v) is 3.90. The third-order valence-electron chi connectivity index (χ3n) is 5.04. The van der Waals surface area contributed by atoms with Gasteiger partial charge >= 0.3 is 0 Å². The summed E-state index contributed by atoms with van der Waals surface area (Å²) in [6, 6.07) is 23.3. The number of rotatable bonds is 0. The molecule has 0 aliphatic carbocycles. The molecule has 3 aromatic rings. The average molecular weight is 299 g/mol. The van der Waals surface area contributed by atoms with Crippen LogP contribution in [0.3, 0.4) is 0 Å². The Labute approximate surface area is 136 Å². The lowest BCUT2D eigenvalue weighted by atomic mass is 9.73. The third-order valence-corrected chi connectivity index (χ3v) is 5.04. The zero-order valence-corrected chi connectivity index (χ0v) is 13.2. The molecule has 23 heavy (non-hydrogen) atoms. The highest BCUT2D eigenvalue weighted by molar-refractivity contribution is 5.92. The molecule has 3 aromatic carbocycles. The zero-order valence-electron chi connectivity index (χ0n) is 13.2. The van der Waals surface area contributed by atoms with Crippen LogP contribution in [0.1, 0.15) is 25.0 Å². The maximum absolute atomic E-state index is 6.19. The van der Waals surface area contributed by atoms with Crippen molar-refractivity contribution >= 4 is 17.1 Å². The lowest BCUT2D eigenvalue weighted by Gasteiger charge is -2.44. The van der Waals surface area contributed by atoms with Crippen molar-refractivity contribution in [2.75, 3.05) is 4.90 Å². The van der Waals surface area contributed by atoms with Gasteiger partial charge in [-0.15, -0.1) is 0 Å². The molecular weight excluding hydrogens is 282 g/mol. The number of para-hydroxylation sites is 4. The quantitative estimate of drug-likeness (QED) is 0.401. The Balaban J connectivity index is 1.92. The first-order valence-corrected chi connectivity index (χ1v) is 7.98. The van der Waals surface area contributed by atoms with Gasteiger partial charge in [0.1, 0.15) is 0 Å². The van der Waals surface area contributed by atoms with E-state index in [9.17, 15) is 0 Å². The fourth-order valence-electron chi connectivity index (χ4n) is 3.90. The summed E-state index contributed by atoms with van der Waals surface area (Å²) < 4.78 is 6.19. The molecule has 2 heteroatoms. The molecule has 2 heterocycles. The summed E-state index contributed by atoms with van der Waals surface area (Å²) >= 11 is 0. The molecule has 0 aromatic heterocycles. The standard InChI is InChI=1S/C21H17NO/c1-21(2)14-8-3-4-10-16(14)22-17-11-5-6-12-18(17)23-19-13-7-9-15(21)20(19)22/h3-13H,1-2H3. The molecule has 0 amide bonds. The second-order valence-corrected chi connectivity index (χ2v) is 6.70. The summed E-state index contributed by atoms with van der Waals surface area (Å²) in [4.78, 5) is 2.35. The number of anilines is 3. The van der Waals surface area contributed by atoms with Crippen LogP contribution in [-0.2, 0) is 5.41 Å². The topological polar surface area (TPSA) is 12.5 Å². The lowest BCUT2D eigenvalue weighted by molar-refractivity contribution is 0.471. The predicted octanol–water partition coefficient (Wildman–Crippen LogP) is 5.90. The van der Waals surface area contributed by atoms with Gasteiger partial charge in [0.05, 0.1) is 17.1 Å². The van der Waals surface area contributed by atoms with E-state index in [0.717, 1.165) is 17.2 Å². The molecule has 112 valence electrons. The van der Waals surface area contributed by atoms with E-state index in [1.807, 2.05) is 12.1 Å². The van der Waals surface area contributed by atoms with Crippen molar-refractivity contribution in [1.29, 1.82) is 0 Å². The largest absolute Gasteiger partial charge is 0.453 e. The van der Waals surface area contributed by atoms with E-state index in [1.165, 1.54) is 22.5 Å². The molecule has 0 fully saturated rings. The summed E-state index contributed by atoms with van der Waals surface area (Å²) in [6.07, 6.45) is 0. The molecule has 0 saturated heterocycles. The molecule has 0 saturated carbocycles. The molecule has 2 aliphatic heterocycles. The molecule has 0 radical (unpaired) electrons. The number of hydrogen-bond acceptors (Lipinski definition) is 2. The molecule has 0 atom stereocenters. The van der Waals surface area contributed by atoms with E-state index in [1.54, 1.807) is 0 Å². The molecule has 2 nitrogen and oxygen atoms in total. The van der Waals surface area contributed by atoms with Gasteiger partial charge in [0.2, 0.25) is 0 Å². The van der Waals surface area contributed by atoms with Crippen LogP contribution in [0, 0.1) is 0 Å². The van der Waals surface area contributed by atoms with Crippen LogP contribution in [0.5, 0.6) is 11.5 Å². The van der Waals surface area contributed by atoms with Gasteiger partial charge in [0.25, 0.3) is 0 Å². The second kappa shape index (κ2) is 4.17. The summed E-state index contributed by atoms with van der Waals surface area (Å²) in [6.45, 7) is 4.58. The Kier molecular flexibility index (Phi) is 2.31. The molecule has 0 spiro atoms. The summed E-state index contributed by atoms with van der Waals surface area (Å²) in [5.74, 6) is 1.84. The first-order chi connectivity index (χ1) is 11.2. The van der Waals surface area contributed by atoms with Gasteiger partial charge in [0, 0.05) is 5.41 Å². The Hall–Kier alpha value is -2.74. The zero-order chi connectivity index (χ0) is 15.6. The van der Waals surface area contributed by atoms with Crippen molar-refractivity contribution in [3.8, 4) is 11.5 Å². The van der Waals surface area contributed by atoms with E-state index >= 15 is 0 Å². The van der Waals surface area contributed by atoms with Crippen LogP contribution in [0.25, 0.3) is 0 Å². The van der Waals surface area contributed by atoms with Gasteiger partial charge in [-0.05, 0) is 35.4 Å². The van der Waals surface area contributed by atoms with Crippen molar-refractivity contribution in [3.05, 3.63) is 77.9 Å². The van der Waals surface area contributed by atoms with E-state index in [2.05, 4.69) is 73.3 Å². The Morgan fingerprint density at radius 1 is 0.696 bits per heavy atom. The highest BCUT2D eigenvalue weighted by atomic mass is 16.5. The summed E-state index contributed by atoms with van der Waals surface area (Å²) in [5, 5.41) is 0. The van der Waals surface area contributed by atoms with Gasteiger partial charge < -0.3 is 9.64 Å². The van der Waals surface area contributed by atoms with E-state index < -0.39 is 0 Å². The van der Waals surface area contributed by atoms with Crippen LogP contribution in [-0.4, -0.2) is 0 Å². The number of nitrogens with zero attached hydrogens (tertiary/aromatic N) is 1. The van der Waals surface area contributed by atoms with Crippen molar-refractivity contribution in [2.45, 2.75) is 19.3 Å². The molecular formula is C21H17NO. The van der Waals surface area contributed by atoms with Crippen molar-refractivity contribution in [2.24, 2.45) is 0 Å². The minimum atomic E-state index is -0.0475. The number of benzene rings is 3. The number of ether oxygens (including phenoxy) is 1. The van der Waals surface area contributed by atoms with Crippen molar-refractivity contribution < 1.29 is 4.74 Å². The van der Waals surface area contributed by atoms with Gasteiger partial charge in [0.15, 0.2) is 11.5 Å². The average Bonchev–Trinajstić information content (AvgIpc) is 2.58. The molecule has 5 rings (SSSR count). The van der Waals surface area contributed by atoms with Crippen molar-refractivity contribution in [1.82, 2.24) is 0 Å². The number of hydrogen-bond donors (Lipinski definition) is 0. The predicted molar refractivity (Wildman–Crippen MR) is 93.3 cm³/mol. The summed E-state index contributed by atoms with van der Waals surface area (Å²) in [7, 11) is 0. The maximum Gasteiger partial charge on any atom is 0.151 e. The normalized spacial score (nSPS) is 16.0. The maximum atomic E-state index is 6.19. The Morgan fingerprint density at radius 2 is 1.35 bits per heavy atom. The Morgan fingerprint density at radius 3 is 2.22 bits per heavy atom. The van der Waals surface area contributed by atoms with Crippen LogP contribution in [0.4, 0.5) is 17.1 Å².